The van der Waals surface area contributed by atoms with Crippen LogP contribution in [0.2, 0.25) is 0 Å². The minimum atomic E-state index is -4.81. The van der Waals surface area contributed by atoms with E-state index in [9.17, 15) is 22.8 Å². The number of halogens is 3. The summed E-state index contributed by atoms with van der Waals surface area (Å²) in [6.45, 7) is 2.23. The fourth-order valence-electron chi connectivity index (χ4n) is 2.74. The van der Waals surface area contributed by atoms with Crippen molar-refractivity contribution in [2.24, 2.45) is 0 Å². The highest BCUT2D eigenvalue weighted by Crippen LogP contribution is 2.23. The van der Waals surface area contributed by atoms with E-state index in [-0.39, 0.29) is 19.6 Å². The van der Waals surface area contributed by atoms with Crippen LogP contribution in [0.1, 0.15) is 29.3 Å². The standard InChI is InChI=1S/C22H25F3N2O5/c1-2-13-31-17-9-5-16(6-10-17)20(29)27-19(21(30)26-11-12-28)14-15-3-7-18(8-4-15)32-22(23,24)25/h3-10,19,28H,2,11-14H2,1H3,(H,26,30)(H,27,29). The van der Waals surface area contributed by atoms with E-state index in [2.05, 4.69) is 15.4 Å². The third-order valence-corrected chi connectivity index (χ3v) is 4.22. The van der Waals surface area contributed by atoms with Crippen molar-refractivity contribution in [3.05, 3.63) is 59.7 Å². The number of nitrogens with one attached hydrogen (secondary N) is 2. The van der Waals surface area contributed by atoms with E-state index in [1.54, 1.807) is 24.3 Å². The molecule has 0 bridgehead atoms. The van der Waals surface area contributed by atoms with Gasteiger partial charge in [-0.1, -0.05) is 19.1 Å². The van der Waals surface area contributed by atoms with Gasteiger partial charge in [0.15, 0.2) is 0 Å². The molecule has 0 aliphatic rings. The van der Waals surface area contributed by atoms with E-state index in [1.807, 2.05) is 6.92 Å². The Balaban J connectivity index is 2.09. The lowest BCUT2D eigenvalue weighted by molar-refractivity contribution is -0.274. The summed E-state index contributed by atoms with van der Waals surface area (Å²) >= 11 is 0. The zero-order valence-corrected chi connectivity index (χ0v) is 17.4. The van der Waals surface area contributed by atoms with E-state index >= 15 is 0 Å². The topological polar surface area (TPSA) is 96.9 Å². The first-order chi connectivity index (χ1) is 15.2. The minimum Gasteiger partial charge on any atom is -0.494 e. The number of amides is 2. The molecular formula is C22H25F3N2O5. The number of benzene rings is 2. The Morgan fingerprint density at radius 3 is 2.22 bits per heavy atom. The molecule has 0 radical (unpaired) electrons. The van der Waals surface area contributed by atoms with Gasteiger partial charge in [0.2, 0.25) is 5.91 Å². The predicted octanol–water partition coefficient (Wildman–Crippen LogP) is 2.82. The normalized spacial score (nSPS) is 12.0. The molecule has 10 heteroatoms. The lowest BCUT2D eigenvalue weighted by Gasteiger charge is -2.19. The fraction of sp³-hybridized carbons (Fsp3) is 0.364. The zero-order valence-electron chi connectivity index (χ0n) is 17.4. The van der Waals surface area contributed by atoms with Gasteiger partial charge in [-0.05, 0) is 48.4 Å². The molecule has 0 heterocycles. The number of rotatable bonds is 11. The summed E-state index contributed by atoms with van der Waals surface area (Å²) in [6.07, 6.45) is -3.94. The van der Waals surface area contributed by atoms with Crippen molar-refractivity contribution in [2.75, 3.05) is 19.8 Å². The number of hydrogen-bond donors (Lipinski definition) is 3. The quantitative estimate of drug-likeness (QED) is 0.485. The second kappa shape index (κ2) is 11.9. The first-order valence-electron chi connectivity index (χ1n) is 9.99. The summed E-state index contributed by atoms with van der Waals surface area (Å²) in [7, 11) is 0. The van der Waals surface area contributed by atoms with E-state index in [1.165, 1.54) is 12.1 Å². The van der Waals surface area contributed by atoms with Crippen LogP contribution in [0.3, 0.4) is 0 Å². The van der Waals surface area contributed by atoms with E-state index < -0.39 is 30.0 Å². The maximum atomic E-state index is 12.6. The number of hydrogen-bond acceptors (Lipinski definition) is 5. The highest BCUT2D eigenvalue weighted by atomic mass is 19.4. The van der Waals surface area contributed by atoms with Crippen molar-refractivity contribution in [2.45, 2.75) is 32.2 Å². The van der Waals surface area contributed by atoms with Gasteiger partial charge in [0.05, 0.1) is 13.2 Å². The van der Waals surface area contributed by atoms with Crippen molar-refractivity contribution < 1.29 is 37.3 Å². The molecular weight excluding hydrogens is 429 g/mol. The lowest BCUT2D eigenvalue weighted by Crippen LogP contribution is -2.48. The van der Waals surface area contributed by atoms with Crippen LogP contribution in [0, 0.1) is 0 Å². The average molecular weight is 454 g/mol. The Morgan fingerprint density at radius 1 is 1.03 bits per heavy atom. The van der Waals surface area contributed by atoms with Crippen LogP contribution in [-0.4, -0.2) is 49.1 Å². The van der Waals surface area contributed by atoms with Gasteiger partial charge in [0, 0.05) is 18.5 Å². The van der Waals surface area contributed by atoms with Crippen LogP contribution in [-0.2, 0) is 11.2 Å². The molecule has 0 aromatic heterocycles. The molecule has 0 aliphatic heterocycles. The molecule has 0 saturated carbocycles. The number of ether oxygens (including phenoxy) is 2. The monoisotopic (exact) mass is 454 g/mol. The second-order valence-electron chi connectivity index (χ2n) is 6.81. The number of carbonyl (C=O) groups excluding carboxylic acids is 2. The Kier molecular flexibility index (Phi) is 9.33. The summed E-state index contributed by atoms with van der Waals surface area (Å²) in [5.41, 5.74) is 0.815. The maximum absolute atomic E-state index is 12.6. The number of aliphatic hydroxyl groups excluding tert-OH is 1. The molecule has 7 nitrogen and oxygen atoms in total. The van der Waals surface area contributed by atoms with Crippen LogP contribution in [0.5, 0.6) is 11.5 Å². The molecule has 0 aliphatic carbocycles. The van der Waals surface area contributed by atoms with Gasteiger partial charge >= 0.3 is 6.36 Å². The SMILES string of the molecule is CCCOc1ccc(C(=O)NC(Cc2ccc(OC(F)(F)F)cc2)C(=O)NCCO)cc1. The van der Waals surface area contributed by atoms with Gasteiger partial charge in [-0.15, -0.1) is 13.2 Å². The Morgan fingerprint density at radius 2 is 1.66 bits per heavy atom. The number of carbonyl (C=O) groups is 2. The fourth-order valence-corrected chi connectivity index (χ4v) is 2.74. The van der Waals surface area contributed by atoms with Gasteiger partial charge in [0.25, 0.3) is 5.91 Å². The largest absolute Gasteiger partial charge is 0.573 e. The third-order valence-electron chi connectivity index (χ3n) is 4.22. The lowest BCUT2D eigenvalue weighted by atomic mass is 10.0. The molecule has 0 fully saturated rings. The summed E-state index contributed by atoms with van der Waals surface area (Å²) < 4.78 is 46.3. The maximum Gasteiger partial charge on any atom is 0.573 e. The van der Waals surface area contributed by atoms with Crippen molar-refractivity contribution >= 4 is 11.8 Å². The molecule has 174 valence electrons. The van der Waals surface area contributed by atoms with Crippen molar-refractivity contribution in [3.63, 3.8) is 0 Å². The summed E-state index contributed by atoms with van der Waals surface area (Å²) in [6, 6.07) is 10.4. The van der Waals surface area contributed by atoms with Crippen molar-refractivity contribution in [1.29, 1.82) is 0 Å². The van der Waals surface area contributed by atoms with Crippen LogP contribution >= 0.6 is 0 Å². The number of alkyl halides is 3. The summed E-state index contributed by atoms with van der Waals surface area (Å²) in [5, 5.41) is 14.0. The van der Waals surface area contributed by atoms with E-state index in [0.717, 1.165) is 18.6 Å². The first kappa shape index (κ1) is 25.0. The van der Waals surface area contributed by atoms with Crippen molar-refractivity contribution in [3.8, 4) is 11.5 Å². The molecule has 0 spiro atoms. The van der Waals surface area contributed by atoms with E-state index in [0.29, 0.717) is 23.5 Å². The molecule has 2 amide bonds. The van der Waals surface area contributed by atoms with Crippen LogP contribution < -0.4 is 20.1 Å². The number of aliphatic hydroxyl groups is 1. The third kappa shape index (κ3) is 8.46. The van der Waals surface area contributed by atoms with Crippen LogP contribution in [0.25, 0.3) is 0 Å². The van der Waals surface area contributed by atoms with Gasteiger partial charge in [-0.25, -0.2) is 0 Å². The highest BCUT2D eigenvalue weighted by Gasteiger charge is 2.31. The summed E-state index contributed by atoms with van der Waals surface area (Å²) in [4.78, 5) is 25.1. The van der Waals surface area contributed by atoms with Crippen molar-refractivity contribution in [1.82, 2.24) is 10.6 Å². The molecule has 1 atom stereocenters. The Hall–Kier alpha value is -3.27. The molecule has 2 aromatic carbocycles. The minimum absolute atomic E-state index is 0.00692. The molecule has 32 heavy (non-hydrogen) atoms. The molecule has 0 saturated heterocycles. The van der Waals surface area contributed by atoms with Gasteiger partial charge in [-0.3, -0.25) is 9.59 Å². The molecule has 1 unspecified atom stereocenters. The molecule has 2 aromatic rings. The van der Waals surface area contributed by atoms with Gasteiger partial charge in [0.1, 0.15) is 17.5 Å². The zero-order chi connectivity index (χ0) is 23.6. The van der Waals surface area contributed by atoms with Crippen LogP contribution in [0.4, 0.5) is 13.2 Å². The van der Waals surface area contributed by atoms with Gasteiger partial charge < -0.3 is 25.2 Å². The average Bonchev–Trinajstić information content (AvgIpc) is 2.76. The van der Waals surface area contributed by atoms with Crippen LogP contribution in [0.15, 0.2) is 48.5 Å². The Bertz CT molecular complexity index is 871. The first-order valence-corrected chi connectivity index (χ1v) is 9.99. The molecule has 3 N–H and O–H groups in total. The smallest absolute Gasteiger partial charge is 0.494 e. The molecule has 2 rings (SSSR count). The van der Waals surface area contributed by atoms with E-state index in [4.69, 9.17) is 9.84 Å². The Labute approximate surface area is 183 Å². The van der Waals surface area contributed by atoms with Gasteiger partial charge in [-0.2, -0.15) is 0 Å². The second-order valence-corrected chi connectivity index (χ2v) is 6.81. The summed E-state index contributed by atoms with van der Waals surface area (Å²) in [5.74, 6) is -0.821. The predicted molar refractivity (Wildman–Crippen MR) is 110 cm³/mol. The highest BCUT2D eigenvalue weighted by molar-refractivity contribution is 5.97.